The molecule has 4 aromatic rings. The first-order chi connectivity index (χ1) is 30.4. The van der Waals surface area contributed by atoms with Crippen molar-refractivity contribution in [3.05, 3.63) is 122 Å². The van der Waals surface area contributed by atoms with Gasteiger partial charge in [0.05, 0.1) is 5.02 Å². The fourth-order valence-electron chi connectivity index (χ4n) is 10.8. The molecule has 2 aliphatic carbocycles. The minimum atomic E-state index is 0. The molecule has 0 bridgehead atoms. The fraction of sp³-hybridized carbons (Fsp3) is 0.547. The molecule has 0 radical (unpaired) electrons. The quantitative estimate of drug-likeness (QED) is 0.0981. The van der Waals surface area contributed by atoms with Crippen LogP contribution in [0.4, 0.5) is 0 Å². The van der Waals surface area contributed by atoms with Crippen LogP contribution in [-0.4, -0.2) is 38.2 Å². The van der Waals surface area contributed by atoms with Crippen LogP contribution in [0.1, 0.15) is 166 Å². The van der Waals surface area contributed by atoms with Crippen molar-refractivity contribution in [2.24, 2.45) is 0 Å². The van der Waals surface area contributed by atoms with Gasteiger partial charge in [0.25, 0.3) is 0 Å². The molecule has 2 heterocycles. The number of hydrogen-bond acceptors (Lipinski definition) is 8. The zero-order valence-corrected chi connectivity index (χ0v) is 50.6. The Kier molecular flexibility index (Phi) is 24.6. The third kappa shape index (κ3) is 14.3. The summed E-state index contributed by atoms with van der Waals surface area (Å²) in [5, 5.41) is 28.3. The molecule has 4 aromatic carbocycles. The molecule has 0 aromatic heterocycles. The third-order valence-electron chi connectivity index (χ3n) is 14.2. The van der Waals surface area contributed by atoms with Crippen molar-refractivity contribution in [3.8, 4) is 0 Å². The van der Waals surface area contributed by atoms with Gasteiger partial charge in [-0.2, -0.15) is 0 Å². The molecule has 0 amide bonds. The second kappa shape index (κ2) is 26.4. The molecular formula is C53H74BrCl3O8S2Zn. The van der Waals surface area contributed by atoms with E-state index in [-0.39, 0.29) is 71.9 Å². The van der Waals surface area contributed by atoms with Crippen LogP contribution in [0.15, 0.2) is 44.6 Å². The van der Waals surface area contributed by atoms with Crippen molar-refractivity contribution in [1.82, 2.24) is 0 Å². The van der Waals surface area contributed by atoms with Gasteiger partial charge in [-0.1, -0.05) is 112 Å². The summed E-state index contributed by atoms with van der Waals surface area (Å²) in [4.78, 5) is 15.4. The number of rotatable bonds is 6. The van der Waals surface area contributed by atoms with E-state index in [1.807, 2.05) is 41.7 Å². The molecule has 4 aliphatic rings. The molecule has 0 unspecified atom stereocenters. The number of thioether (sulfide) groups is 2. The summed E-state index contributed by atoms with van der Waals surface area (Å²) in [6, 6.07) is 10.1. The van der Waals surface area contributed by atoms with Crippen molar-refractivity contribution in [1.29, 1.82) is 0 Å². The van der Waals surface area contributed by atoms with Crippen LogP contribution < -0.4 is 0 Å². The molecule has 0 saturated heterocycles. The third-order valence-corrected chi connectivity index (χ3v) is 18.3. The van der Waals surface area contributed by atoms with Gasteiger partial charge in [0.1, 0.15) is 19.8 Å². The Hall–Kier alpha value is -0.767. The van der Waals surface area contributed by atoms with Crippen molar-refractivity contribution >= 4 is 74.3 Å². The van der Waals surface area contributed by atoms with Crippen molar-refractivity contribution in [2.75, 3.05) is 11.5 Å². The Labute approximate surface area is 451 Å². The minimum Gasteiger partial charge on any atom is -0.412 e. The fourth-order valence-corrected chi connectivity index (χ4v) is 15.5. The summed E-state index contributed by atoms with van der Waals surface area (Å²) in [6.07, 6.45) is 9.41. The van der Waals surface area contributed by atoms with Crippen LogP contribution in [0.25, 0.3) is 0 Å². The van der Waals surface area contributed by atoms with Crippen LogP contribution in [0.5, 0.6) is 0 Å². The first kappa shape index (κ1) is 63.3. The number of halogens is 4. The van der Waals surface area contributed by atoms with E-state index in [0.717, 1.165) is 61.2 Å². The topological polar surface area (TPSA) is 151 Å². The molecule has 0 atom stereocenters. The molecule has 68 heavy (non-hydrogen) atoms. The van der Waals surface area contributed by atoms with E-state index in [9.17, 15) is 0 Å². The average molecular weight is 1150 g/mol. The Bertz CT molecular complexity index is 2270. The van der Waals surface area contributed by atoms with Crippen molar-refractivity contribution < 1.29 is 60.9 Å². The number of hydrogen-bond donors (Lipinski definition) is 3. The maximum Gasteiger partial charge on any atom is 0.107 e. The van der Waals surface area contributed by atoms with Gasteiger partial charge in [0.15, 0.2) is 0 Å². The van der Waals surface area contributed by atoms with Gasteiger partial charge in [-0.05, 0) is 209 Å². The predicted octanol–water partition coefficient (Wildman–Crippen LogP) is 15.8. The summed E-state index contributed by atoms with van der Waals surface area (Å²) < 4.78 is 1.14. The molecule has 8 nitrogen and oxygen atoms in total. The van der Waals surface area contributed by atoms with E-state index in [0.29, 0.717) is 0 Å². The normalized spacial score (nSPS) is 17.4. The number of fused-ring (bicyclic) bond motifs is 4. The Balaban J connectivity index is 0.000000307. The van der Waals surface area contributed by atoms with Crippen molar-refractivity contribution in [2.45, 2.75) is 186 Å². The molecule has 8 rings (SSSR count). The average Bonchev–Trinajstić information content (AvgIpc) is 3.21. The zero-order valence-electron chi connectivity index (χ0n) is 42.2. The number of benzene rings is 4. The van der Waals surface area contributed by atoms with E-state index in [2.05, 4.69) is 126 Å². The maximum absolute atomic E-state index is 8.63. The molecule has 0 fully saturated rings. The molecular weight excluding hydrogens is 1080 g/mol. The van der Waals surface area contributed by atoms with Gasteiger partial charge in [0.2, 0.25) is 0 Å². The van der Waals surface area contributed by atoms with Gasteiger partial charge in [0, 0.05) is 43.8 Å². The van der Waals surface area contributed by atoms with Crippen LogP contribution >= 0.6 is 74.3 Å². The second-order valence-electron chi connectivity index (χ2n) is 20.6. The van der Waals surface area contributed by atoms with E-state index < -0.39 is 0 Å². The van der Waals surface area contributed by atoms with E-state index >= 15 is 0 Å². The molecule has 0 spiro atoms. The summed E-state index contributed by atoms with van der Waals surface area (Å²) in [6.45, 7) is 27.4. The monoisotopic (exact) mass is 1150 g/mol. The zero-order chi connectivity index (χ0) is 48.2. The van der Waals surface area contributed by atoms with E-state index in [1.165, 1.54) is 103 Å². The second-order valence-corrected chi connectivity index (χ2v) is 25.0. The summed E-state index contributed by atoms with van der Waals surface area (Å²) >= 11 is 26.3. The minimum absolute atomic E-state index is 0. The van der Waals surface area contributed by atoms with E-state index in [4.69, 9.17) is 50.6 Å². The van der Waals surface area contributed by atoms with Gasteiger partial charge >= 0.3 is 0 Å². The smallest absolute Gasteiger partial charge is 0.107 e. The Morgan fingerprint density at radius 3 is 1.44 bits per heavy atom. The summed E-state index contributed by atoms with van der Waals surface area (Å²) in [5.74, 6) is 2.30. The predicted molar refractivity (Wildman–Crippen MR) is 286 cm³/mol. The first-order valence-corrected chi connectivity index (χ1v) is 26.6. The largest absolute Gasteiger partial charge is 0.412 e. The van der Waals surface area contributed by atoms with Crippen LogP contribution in [-0.2, 0) is 88.5 Å². The summed E-state index contributed by atoms with van der Waals surface area (Å²) in [7, 11) is 0. The van der Waals surface area contributed by atoms with Crippen LogP contribution in [0.3, 0.4) is 0 Å². The molecule has 2 aliphatic heterocycles. The molecule has 15 heteroatoms. The first-order valence-electron chi connectivity index (χ1n) is 22.7. The van der Waals surface area contributed by atoms with Gasteiger partial charge in [-0.3, -0.25) is 15.8 Å². The van der Waals surface area contributed by atoms with Crippen molar-refractivity contribution in [3.63, 3.8) is 0 Å². The SMILES string of the molecule is Cc1c(Br)cc(Cl)c2c1C(C)(C)CCC2.Cc1c(COO)cc(Cl)c2c1C(C)(C)CCC2.Cc1c(COO)cc(Cl)c2c1C(C)(C)CCS2.Cc1c(COO)ccc2c1C(C)(C)CCS2.O.O.[Zn]. The molecule has 376 valence electrons. The van der Waals surface area contributed by atoms with Gasteiger partial charge in [-0.15, -0.1) is 23.5 Å². The molecule has 0 saturated carbocycles. The Morgan fingerprint density at radius 1 is 0.529 bits per heavy atom. The van der Waals surface area contributed by atoms with E-state index in [1.54, 1.807) is 0 Å². The van der Waals surface area contributed by atoms with Crippen LogP contribution in [0.2, 0.25) is 15.1 Å². The van der Waals surface area contributed by atoms with Gasteiger partial charge < -0.3 is 11.0 Å². The Morgan fingerprint density at radius 2 is 0.926 bits per heavy atom. The van der Waals surface area contributed by atoms with Gasteiger partial charge in [-0.25, -0.2) is 14.7 Å². The van der Waals surface area contributed by atoms with Crippen LogP contribution in [0, 0.1) is 27.7 Å². The maximum atomic E-state index is 8.63. The molecule has 7 N–H and O–H groups in total. The standard InChI is InChI=1S/C14H19ClO2.C13H16BrCl.C13H17ClO2S.C13H18O2S.2H2O.Zn/c1-9-10(8-17-16)7-12(15)11-5-4-6-14(2,3)13(9)11;1-8-10(14)7-11(15)9-5-4-6-13(2,3)12(8)9;1-8-9(7-16-15)6-10(14)12-11(8)13(2,3)4-5-17-12;1-9-10(8-15-14)4-5-11-12(9)13(2,3)6-7-16-11;;;/h7,16H,4-6,8H2,1-3H3;7H,4-6H2,1-3H3;6,15H,4-5,7H2,1-3H3;4-5,14H,6-8H2,1-3H3;2*1H2;. The summed E-state index contributed by atoms with van der Waals surface area (Å²) in [5.41, 5.74) is 17.1.